The fourth-order valence-electron chi connectivity index (χ4n) is 4.34. The van der Waals surface area contributed by atoms with Crippen molar-refractivity contribution in [2.45, 2.75) is 18.9 Å². The molecule has 156 valence electrons. The van der Waals surface area contributed by atoms with Gasteiger partial charge in [0.15, 0.2) is 5.69 Å². The number of hydrogen-bond donors (Lipinski definition) is 2. The maximum atomic E-state index is 12.7. The van der Waals surface area contributed by atoms with E-state index in [-0.39, 0.29) is 23.1 Å². The Morgan fingerprint density at radius 3 is 2.77 bits per heavy atom. The Kier molecular flexibility index (Phi) is 5.81. The fourth-order valence-corrected chi connectivity index (χ4v) is 4.34. The summed E-state index contributed by atoms with van der Waals surface area (Å²) >= 11 is 0. The lowest BCUT2D eigenvalue weighted by Gasteiger charge is -2.39. The molecule has 0 spiro atoms. The zero-order valence-corrected chi connectivity index (χ0v) is 17.2. The van der Waals surface area contributed by atoms with E-state index in [0.717, 1.165) is 25.1 Å². The average Bonchev–Trinajstić information content (AvgIpc) is 2.78. The molecular weight excluding hydrogens is 380 g/mol. The Labute approximate surface area is 175 Å². The molecule has 0 radical (unpaired) electrons. The molecule has 1 aromatic heterocycles. The minimum absolute atomic E-state index is 0.0983. The molecule has 3 aromatic rings. The van der Waals surface area contributed by atoms with Gasteiger partial charge in [-0.3, -0.25) is 19.6 Å². The summed E-state index contributed by atoms with van der Waals surface area (Å²) < 4.78 is 5.27. The van der Waals surface area contributed by atoms with Crippen molar-refractivity contribution in [1.29, 1.82) is 0 Å². The molecule has 2 unspecified atom stereocenters. The molecule has 1 aliphatic rings. The summed E-state index contributed by atoms with van der Waals surface area (Å²) in [5.74, 6) is 0.619. The van der Waals surface area contributed by atoms with Crippen LogP contribution in [0.4, 0.5) is 0 Å². The van der Waals surface area contributed by atoms with Crippen LogP contribution in [0.25, 0.3) is 10.9 Å². The van der Waals surface area contributed by atoms with Gasteiger partial charge >= 0.3 is 0 Å². The second-order valence-corrected chi connectivity index (χ2v) is 7.76. The van der Waals surface area contributed by atoms with Crippen LogP contribution in [0.15, 0.2) is 53.3 Å². The zero-order valence-electron chi connectivity index (χ0n) is 17.2. The molecule has 0 bridgehead atoms. The van der Waals surface area contributed by atoms with Crippen molar-refractivity contribution in [1.82, 2.24) is 20.4 Å². The number of fused-ring (bicyclic) bond motifs is 1. The minimum atomic E-state index is -0.441. The van der Waals surface area contributed by atoms with Crippen molar-refractivity contribution >= 4 is 16.8 Å². The van der Waals surface area contributed by atoms with Gasteiger partial charge in [-0.1, -0.05) is 24.3 Å². The first kappa shape index (κ1) is 20.1. The number of nitrogens with zero attached hydrogens (tertiary/aromatic N) is 2. The van der Waals surface area contributed by atoms with Gasteiger partial charge in [-0.15, -0.1) is 0 Å². The zero-order chi connectivity index (χ0) is 21.1. The first-order valence-electron chi connectivity index (χ1n) is 10.2. The second kappa shape index (κ2) is 8.67. The van der Waals surface area contributed by atoms with Crippen LogP contribution in [0.1, 0.15) is 34.9 Å². The molecule has 1 aliphatic heterocycles. The Morgan fingerprint density at radius 1 is 1.23 bits per heavy atom. The highest BCUT2D eigenvalue weighted by Gasteiger charge is 2.31. The quantitative estimate of drug-likeness (QED) is 0.680. The molecule has 2 N–H and O–H groups in total. The molecule has 2 heterocycles. The number of ether oxygens (including phenoxy) is 1. The van der Waals surface area contributed by atoms with Crippen molar-refractivity contribution in [3.63, 3.8) is 0 Å². The van der Waals surface area contributed by atoms with Crippen LogP contribution in [0.3, 0.4) is 0 Å². The first-order valence-corrected chi connectivity index (χ1v) is 10.2. The van der Waals surface area contributed by atoms with E-state index < -0.39 is 5.91 Å². The number of carbonyl (C=O) groups excluding carboxylic acids is 1. The average molecular weight is 406 g/mol. The maximum absolute atomic E-state index is 12.7. The predicted molar refractivity (Wildman–Crippen MR) is 116 cm³/mol. The minimum Gasteiger partial charge on any atom is -0.497 e. The number of benzene rings is 2. The number of amides is 1. The molecule has 7 heteroatoms. The summed E-state index contributed by atoms with van der Waals surface area (Å²) in [5, 5.41) is 10.2. The van der Waals surface area contributed by atoms with Gasteiger partial charge < -0.3 is 10.1 Å². The summed E-state index contributed by atoms with van der Waals surface area (Å²) in [6, 6.07) is 15.3. The first-order chi connectivity index (χ1) is 14.6. The molecule has 1 amide bonds. The van der Waals surface area contributed by atoms with Crippen molar-refractivity contribution < 1.29 is 9.53 Å². The van der Waals surface area contributed by atoms with Crippen LogP contribution >= 0.6 is 0 Å². The fraction of sp³-hybridized carbons (Fsp3) is 0.348. The van der Waals surface area contributed by atoms with Gasteiger partial charge in [0, 0.05) is 18.0 Å². The Balaban J connectivity index is 1.51. The van der Waals surface area contributed by atoms with Crippen LogP contribution in [0.5, 0.6) is 5.75 Å². The molecular formula is C23H26N4O3. The van der Waals surface area contributed by atoms with E-state index in [0.29, 0.717) is 17.4 Å². The molecule has 0 aliphatic carbocycles. The topological polar surface area (TPSA) is 87.3 Å². The van der Waals surface area contributed by atoms with Crippen molar-refractivity contribution in [2.75, 3.05) is 27.2 Å². The van der Waals surface area contributed by atoms with Crippen LogP contribution in [0.2, 0.25) is 0 Å². The summed E-state index contributed by atoms with van der Waals surface area (Å²) in [6.45, 7) is 1.49. The van der Waals surface area contributed by atoms with Crippen LogP contribution in [0, 0.1) is 5.92 Å². The van der Waals surface area contributed by atoms with Gasteiger partial charge in [0.1, 0.15) is 5.75 Å². The van der Waals surface area contributed by atoms with E-state index in [9.17, 15) is 9.59 Å². The lowest BCUT2D eigenvalue weighted by molar-refractivity contribution is 0.0885. The summed E-state index contributed by atoms with van der Waals surface area (Å²) in [4.78, 5) is 27.7. The number of hydrogen-bond acceptors (Lipinski definition) is 5. The molecule has 2 atom stereocenters. The number of methoxy groups -OCH3 is 1. The highest BCUT2D eigenvalue weighted by Crippen LogP contribution is 2.35. The van der Waals surface area contributed by atoms with E-state index in [1.807, 2.05) is 18.2 Å². The number of rotatable bonds is 5. The van der Waals surface area contributed by atoms with Crippen LogP contribution in [-0.4, -0.2) is 48.3 Å². The molecule has 1 fully saturated rings. The van der Waals surface area contributed by atoms with Crippen molar-refractivity contribution in [2.24, 2.45) is 5.92 Å². The van der Waals surface area contributed by atoms with Gasteiger partial charge in [0.25, 0.3) is 5.91 Å². The number of H-pyrrole nitrogens is 1. The van der Waals surface area contributed by atoms with E-state index >= 15 is 0 Å². The van der Waals surface area contributed by atoms with Gasteiger partial charge in [-0.25, -0.2) is 0 Å². The van der Waals surface area contributed by atoms with E-state index in [1.54, 1.807) is 25.3 Å². The number of aromatic amines is 1. The molecule has 30 heavy (non-hydrogen) atoms. The van der Waals surface area contributed by atoms with Crippen molar-refractivity contribution in [3.8, 4) is 5.75 Å². The number of piperidine rings is 1. The third kappa shape index (κ3) is 3.93. The normalized spacial score (nSPS) is 19.5. The number of nitrogens with one attached hydrogen (secondary N) is 2. The number of carbonyl (C=O) groups is 1. The van der Waals surface area contributed by atoms with Gasteiger partial charge in [0.2, 0.25) is 5.43 Å². The lowest BCUT2D eigenvalue weighted by atomic mass is 9.85. The Bertz CT molecular complexity index is 1090. The highest BCUT2D eigenvalue weighted by atomic mass is 16.5. The second-order valence-electron chi connectivity index (χ2n) is 7.76. The maximum Gasteiger partial charge on any atom is 0.275 e. The predicted octanol–water partition coefficient (Wildman–Crippen LogP) is 2.74. The smallest absolute Gasteiger partial charge is 0.275 e. The number of para-hydroxylation sites is 1. The Hall–Kier alpha value is -3.19. The largest absolute Gasteiger partial charge is 0.497 e. The van der Waals surface area contributed by atoms with Gasteiger partial charge in [-0.2, -0.15) is 5.10 Å². The number of likely N-dealkylation sites (tertiary alicyclic amines) is 1. The van der Waals surface area contributed by atoms with E-state index in [2.05, 4.69) is 39.6 Å². The number of aromatic nitrogens is 2. The molecule has 1 saturated heterocycles. The summed E-state index contributed by atoms with van der Waals surface area (Å²) in [7, 11) is 3.76. The molecule has 4 rings (SSSR count). The van der Waals surface area contributed by atoms with Gasteiger partial charge in [-0.05, 0) is 62.2 Å². The molecule has 7 nitrogen and oxygen atoms in total. The molecule has 0 saturated carbocycles. The highest BCUT2D eigenvalue weighted by molar-refractivity contribution is 5.95. The molecule has 2 aromatic carbocycles. The SMILES string of the molecule is COc1ccc(C2C(CNC(=O)c3n[nH]c4ccccc4c3=O)CCCN2C)cc1. The van der Waals surface area contributed by atoms with E-state index in [1.165, 1.54) is 5.56 Å². The van der Waals surface area contributed by atoms with E-state index in [4.69, 9.17) is 4.74 Å². The monoisotopic (exact) mass is 406 g/mol. The van der Waals surface area contributed by atoms with Gasteiger partial charge in [0.05, 0.1) is 12.6 Å². The van der Waals surface area contributed by atoms with Crippen molar-refractivity contribution in [3.05, 3.63) is 70.0 Å². The van der Waals surface area contributed by atoms with Crippen LogP contribution < -0.4 is 15.5 Å². The standard InChI is InChI=1S/C23H26N4O3/c1-27-13-5-6-16(21(27)15-9-11-17(30-2)12-10-15)14-24-23(29)20-22(28)18-7-3-4-8-19(18)25-26-20/h3-4,7-12,16,21H,5-6,13-14H2,1-2H3,(H,24,29)(H,25,28). The van der Waals surface area contributed by atoms with Crippen LogP contribution in [-0.2, 0) is 0 Å². The third-order valence-electron chi connectivity index (χ3n) is 5.88. The summed E-state index contributed by atoms with van der Waals surface area (Å²) in [5.41, 5.74) is 1.36. The third-order valence-corrected chi connectivity index (χ3v) is 5.88. The summed E-state index contributed by atoms with van der Waals surface area (Å²) in [6.07, 6.45) is 2.07. The lowest BCUT2D eigenvalue weighted by Crippen LogP contribution is -2.42. The Morgan fingerprint density at radius 2 is 2.00 bits per heavy atom.